The Hall–Kier alpha value is -2.01. The molecule has 6 heteroatoms. The molecule has 0 aliphatic rings. The molecule has 0 spiro atoms. The highest BCUT2D eigenvalue weighted by atomic mass is 35.5. The summed E-state index contributed by atoms with van der Waals surface area (Å²) in [6.45, 7) is 1.69. The zero-order valence-corrected chi connectivity index (χ0v) is 11.7. The van der Waals surface area contributed by atoms with Crippen LogP contribution in [0.1, 0.15) is 18.1 Å². The summed E-state index contributed by atoms with van der Waals surface area (Å²) in [5.41, 5.74) is 1.16. The van der Waals surface area contributed by atoms with Gasteiger partial charge in [-0.05, 0) is 31.2 Å². The Morgan fingerprint density at radius 1 is 1.00 bits per heavy atom. The number of benzene rings is 2. The average molecular weight is 311 g/mol. The summed E-state index contributed by atoms with van der Waals surface area (Å²) in [6.07, 6.45) is 0. The van der Waals surface area contributed by atoms with Crippen molar-refractivity contribution in [1.29, 1.82) is 0 Å². The van der Waals surface area contributed by atoms with Gasteiger partial charge in [0, 0.05) is 12.1 Å². The summed E-state index contributed by atoms with van der Waals surface area (Å²) in [6, 6.07) is 7.16. The van der Waals surface area contributed by atoms with Crippen molar-refractivity contribution in [3.05, 3.63) is 59.7 Å². The molecule has 0 bridgehead atoms. The van der Waals surface area contributed by atoms with E-state index < -0.39 is 22.8 Å². The van der Waals surface area contributed by atoms with Gasteiger partial charge < -0.3 is 0 Å². The molecular weight excluding hydrogens is 301 g/mol. The van der Waals surface area contributed by atoms with Gasteiger partial charge in [0.1, 0.15) is 23.3 Å². The van der Waals surface area contributed by atoms with E-state index in [4.69, 9.17) is 11.6 Å². The third kappa shape index (κ3) is 2.49. The van der Waals surface area contributed by atoms with Crippen LogP contribution in [-0.2, 0) is 0 Å². The standard InChI is InChI=1S/C15H10ClF3N2/c1-8(16)15-20-13-7-9(17)2-3-14(13)21(15)12-5-10(18)4-11(19)6-12/h2-8H,1H3. The van der Waals surface area contributed by atoms with E-state index in [0.29, 0.717) is 16.9 Å². The van der Waals surface area contributed by atoms with Crippen LogP contribution in [-0.4, -0.2) is 9.55 Å². The molecule has 21 heavy (non-hydrogen) atoms. The number of halogens is 4. The van der Waals surface area contributed by atoms with Crippen LogP contribution >= 0.6 is 11.6 Å². The monoisotopic (exact) mass is 310 g/mol. The lowest BCUT2D eigenvalue weighted by molar-refractivity contribution is 0.581. The fourth-order valence-electron chi connectivity index (χ4n) is 2.28. The van der Waals surface area contributed by atoms with Crippen molar-refractivity contribution in [3.63, 3.8) is 0 Å². The maximum atomic E-state index is 13.5. The zero-order chi connectivity index (χ0) is 15.1. The first-order chi connectivity index (χ1) is 9.95. The SMILES string of the molecule is CC(Cl)c1nc2cc(F)ccc2n1-c1cc(F)cc(F)c1. The van der Waals surface area contributed by atoms with E-state index in [-0.39, 0.29) is 5.69 Å². The van der Waals surface area contributed by atoms with E-state index in [0.717, 1.165) is 6.07 Å². The molecule has 0 N–H and O–H groups in total. The van der Waals surface area contributed by atoms with Gasteiger partial charge in [0.25, 0.3) is 0 Å². The molecule has 0 aliphatic heterocycles. The van der Waals surface area contributed by atoms with Gasteiger partial charge in [-0.25, -0.2) is 18.2 Å². The van der Waals surface area contributed by atoms with Crippen LogP contribution in [0.25, 0.3) is 16.7 Å². The Morgan fingerprint density at radius 2 is 1.67 bits per heavy atom. The van der Waals surface area contributed by atoms with Crippen LogP contribution in [0.15, 0.2) is 36.4 Å². The quantitative estimate of drug-likeness (QED) is 0.625. The van der Waals surface area contributed by atoms with Crippen molar-refractivity contribution in [3.8, 4) is 5.69 Å². The Balaban J connectivity index is 2.36. The molecule has 0 saturated heterocycles. The summed E-state index contributed by atoms with van der Waals surface area (Å²) in [7, 11) is 0. The minimum Gasteiger partial charge on any atom is -0.295 e. The number of aromatic nitrogens is 2. The minimum absolute atomic E-state index is 0.254. The van der Waals surface area contributed by atoms with Crippen LogP contribution in [0.3, 0.4) is 0 Å². The van der Waals surface area contributed by atoms with Gasteiger partial charge in [-0.3, -0.25) is 4.57 Å². The molecule has 2 aromatic carbocycles. The molecule has 1 unspecified atom stereocenters. The second-order valence-corrected chi connectivity index (χ2v) is 5.34. The number of alkyl halides is 1. The molecule has 0 fully saturated rings. The van der Waals surface area contributed by atoms with Crippen LogP contribution in [0.2, 0.25) is 0 Å². The second-order valence-electron chi connectivity index (χ2n) is 4.68. The first-order valence-corrected chi connectivity index (χ1v) is 6.68. The third-order valence-electron chi connectivity index (χ3n) is 3.10. The third-order valence-corrected chi connectivity index (χ3v) is 3.30. The summed E-state index contributed by atoms with van der Waals surface area (Å²) in [4.78, 5) is 4.25. The Labute approximate surface area is 123 Å². The van der Waals surface area contributed by atoms with Crippen LogP contribution < -0.4 is 0 Å². The number of hydrogen-bond donors (Lipinski definition) is 0. The van der Waals surface area contributed by atoms with Gasteiger partial charge in [-0.1, -0.05) is 0 Å². The van der Waals surface area contributed by atoms with Gasteiger partial charge >= 0.3 is 0 Å². The lowest BCUT2D eigenvalue weighted by Crippen LogP contribution is -2.03. The fraction of sp³-hybridized carbons (Fsp3) is 0.133. The van der Waals surface area contributed by atoms with Crippen molar-refractivity contribution in [2.75, 3.05) is 0 Å². The van der Waals surface area contributed by atoms with Gasteiger partial charge in [-0.2, -0.15) is 0 Å². The highest BCUT2D eigenvalue weighted by molar-refractivity contribution is 6.20. The maximum Gasteiger partial charge on any atom is 0.132 e. The number of hydrogen-bond acceptors (Lipinski definition) is 1. The Kier molecular flexibility index (Phi) is 3.37. The van der Waals surface area contributed by atoms with E-state index in [1.165, 1.54) is 34.9 Å². The second kappa shape index (κ2) is 5.07. The summed E-state index contributed by atoms with van der Waals surface area (Å²) >= 11 is 6.08. The van der Waals surface area contributed by atoms with Crippen LogP contribution in [0, 0.1) is 17.5 Å². The smallest absolute Gasteiger partial charge is 0.132 e. The minimum atomic E-state index is -0.706. The molecule has 0 amide bonds. The van der Waals surface area contributed by atoms with E-state index in [1.54, 1.807) is 6.92 Å². The molecule has 1 atom stereocenters. The number of fused-ring (bicyclic) bond motifs is 1. The molecule has 1 heterocycles. The van der Waals surface area contributed by atoms with Crippen molar-refractivity contribution in [2.45, 2.75) is 12.3 Å². The first-order valence-electron chi connectivity index (χ1n) is 6.24. The van der Waals surface area contributed by atoms with Gasteiger partial charge in [-0.15, -0.1) is 11.6 Å². The highest BCUT2D eigenvalue weighted by Gasteiger charge is 2.17. The fourth-order valence-corrected chi connectivity index (χ4v) is 2.43. The first kappa shape index (κ1) is 13.9. The zero-order valence-electron chi connectivity index (χ0n) is 10.9. The predicted molar refractivity (Wildman–Crippen MR) is 75.2 cm³/mol. The van der Waals surface area contributed by atoms with Crippen molar-refractivity contribution >= 4 is 22.6 Å². The van der Waals surface area contributed by atoms with E-state index in [9.17, 15) is 13.2 Å². The number of nitrogens with zero attached hydrogens (tertiary/aromatic N) is 2. The normalized spacial score (nSPS) is 12.8. The number of rotatable bonds is 2. The van der Waals surface area contributed by atoms with Crippen molar-refractivity contribution < 1.29 is 13.2 Å². The maximum absolute atomic E-state index is 13.5. The van der Waals surface area contributed by atoms with Crippen LogP contribution in [0.4, 0.5) is 13.2 Å². The molecule has 0 radical (unpaired) electrons. The summed E-state index contributed by atoms with van der Waals surface area (Å²) in [5, 5.41) is -0.508. The van der Waals surface area contributed by atoms with Gasteiger partial charge in [0.2, 0.25) is 0 Å². The number of imidazole rings is 1. The lowest BCUT2D eigenvalue weighted by Gasteiger charge is -2.11. The van der Waals surface area contributed by atoms with E-state index in [1.807, 2.05) is 0 Å². The summed E-state index contributed by atoms with van der Waals surface area (Å²) in [5.74, 6) is -1.46. The molecular formula is C15H10ClF3N2. The van der Waals surface area contributed by atoms with Crippen molar-refractivity contribution in [1.82, 2.24) is 9.55 Å². The average Bonchev–Trinajstić information content (AvgIpc) is 2.76. The van der Waals surface area contributed by atoms with Crippen molar-refractivity contribution in [2.24, 2.45) is 0 Å². The molecule has 0 aliphatic carbocycles. The highest BCUT2D eigenvalue weighted by Crippen LogP contribution is 2.29. The molecule has 1 aromatic heterocycles. The van der Waals surface area contributed by atoms with Gasteiger partial charge in [0.15, 0.2) is 0 Å². The largest absolute Gasteiger partial charge is 0.295 e. The van der Waals surface area contributed by atoms with E-state index in [2.05, 4.69) is 4.98 Å². The van der Waals surface area contributed by atoms with Gasteiger partial charge in [0.05, 0.1) is 22.1 Å². The lowest BCUT2D eigenvalue weighted by atomic mass is 10.2. The Morgan fingerprint density at radius 3 is 2.29 bits per heavy atom. The summed E-state index contributed by atoms with van der Waals surface area (Å²) < 4.78 is 41.7. The van der Waals surface area contributed by atoms with Crippen LogP contribution in [0.5, 0.6) is 0 Å². The molecule has 2 nitrogen and oxygen atoms in total. The molecule has 3 rings (SSSR count). The van der Waals surface area contributed by atoms with E-state index >= 15 is 0 Å². The predicted octanol–water partition coefficient (Wildman–Crippen LogP) is 4.74. The Bertz CT molecular complexity index is 807. The molecule has 0 saturated carbocycles. The molecule has 3 aromatic rings. The molecule has 108 valence electrons. The topological polar surface area (TPSA) is 17.8 Å².